The molecule has 2 aromatic rings. The SMILES string of the molecule is Cc1ccc(C2CC3C(=O)N(Cc4ccccc4C)C=CN3N2)cc1C. The van der Waals surface area contributed by atoms with E-state index in [-0.39, 0.29) is 18.0 Å². The number of nitrogens with zero attached hydrogens (tertiary/aromatic N) is 2. The minimum Gasteiger partial charge on any atom is -0.311 e. The molecule has 1 fully saturated rings. The fourth-order valence-electron chi connectivity index (χ4n) is 3.74. The van der Waals surface area contributed by atoms with Crippen LogP contribution in [0, 0.1) is 20.8 Å². The zero-order chi connectivity index (χ0) is 18.3. The molecule has 0 aromatic heterocycles. The Morgan fingerprint density at radius 2 is 1.81 bits per heavy atom. The summed E-state index contributed by atoms with van der Waals surface area (Å²) >= 11 is 0. The molecule has 2 atom stereocenters. The maximum Gasteiger partial charge on any atom is 0.251 e. The molecule has 0 bridgehead atoms. The van der Waals surface area contributed by atoms with E-state index in [1.165, 1.54) is 27.8 Å². The summed E-state index contributed by atoms with van der Waals surface area (Å²) in [5.74, 6) is 0.162. The molecule has 2 unspecified atom stereocenters. The van der Waals surface area contributed by atoms with Gasteiger partial charge in [0.25, 0.3) is 5.91 Å². The van der Waals surface area contributed by atoms with E-state index in [1.54, 1.807) is 0 Å². The van der Waals surface area contributed by atoms with Crippen molar-refractivity contribution >= 4 is 5.91 Å². The van der Waals surface area contributed by atoms with Gasteiger partial charge in [-0.25, -0.2) is 5.43 Å². The number of carbonyl (C=O) groups is 1. The lowest BCUT2D eigenvalue weighted by atomic mass is 9.97. The quantitative estimate of drug-likeness (QED) is 0.919. The van der Waals surface area contributed by atoms with Gasteiger partial charge in [0.05, 0.1) is 12.6 Å². The number of nitrogens with one attached hydrogen (secondary N) is 1. The monoisotopic (exact) mass is 347 g/mol. The van der Waals surface area contributed by atoms with Gasteiger partial charge < -0.3 is 9.91 Å². The number of rotatable bonds is 3. The molecule has 2 aliphatic rings. The fourth-order valence-corrected chi connectivity index (χ4v) is 3.74. The second kappa shape index (κ2) is 6.61. The van der Waals surface area contributed by atoms with Crippen LogP contribution in [0.4, 0.5) is 0 Å². The highest BCUT2D eigenvalue weighted by Crippen LogP contribution is 2.32. The summed E-state index contributed by atoms with van der Waals surface area (Å²) < 4.78 is 0. The van der Waals surface area contributed by atoms with Gasteiger partial charge in [0.2, 0.25) is 0 Å². The Bertz CT molecular complexity index is 873. The highest BCUT2D eigenvalue weighted by Gasteiger charge is 2.39. The maximum atomic E-state index is 13.0. The molecular weight excluding hydrogens is 322 g/mol. The van der Waals surface area contributed by atoms with Crippen molar-refractivity contribution in [2.75, 3.05) is 0 Å². The first-order valence-electron chi connectivity index (χ1n) is 9.18. The Hall–Kier alpha value is -2.59. The standard InChI is InChI=1S/C22H25N3O/c1-15-8-9-18(12-17(15)3)20-13-21-22(26)24(10-11-25(21)23-20)14-19-7-5-4-6-16(19)2/h4-12,20-21,23H,13-14H2,1-3H3. The molecule has 0 aliphatic carbocycles. The third-order valence-corrected chi connectivity index (χ3v) is 5.61. The van der Waals surface area contributed by atoms with E-state index in [0.717, 1.165) is 6.42 Å². The van der Waals surface area contributed by atoms with Crippen LogP contribution in [0.2, 0.25) is 0 Å². The molecule has 4 rings (SSSR count). The number of fused-ring (bicyclic) bond motifs is 1. The number of benzene rings is 2. The average molecular weight is 347 g/mol. The van der Waals surface area contributed by atoms with Gasteiger partial charge >= 0.3 is 0 Å². The first-order valence-corrected chi connectivity index (χ1v) is 9.18. The van der Waals surface area contributed by atoms with E-state index < -0.39 is 0 Å². The molecular formula is C22H25N3O. The zero-order valence-electron chi connectivity index (χ0n) is 15.6. The van der Waals surface area contributed by atoms with Gasteiger partial charge in [-0.3, -0.25) is 4.79 Å². The minimum atomic E-state index is -0.143. The highest BCUT2D eigenvalue weighted by molar-refractivity contribution is 5.84. The number of hydrogen-bond acceptors (Lipinski definition) is 3. The molecule has 2 heterocycles. The lowest BCUT2D eigenvalue weighted by molar-refractivity contribution is -0.134. The molecule has 1 amide bonds. The molecule has 1 saturated heterocycles. The molecule has 4 heteroatoms. The number of hydrogen-bond donors (Lipinski definition) is 1. The van der Waals surface area contributed by atoms with E-state index in [2.05, 4.69) is 56.5 Å². The topological polar surface area (TPSA) is 35.6 Å². The van der Waals surface area contributed by atoms with E-state index in [4.69, 9.17) is 0 Å². The normalized spacial score (nSPS) is 22.0. The molecule has 134 valence electrons. The van der Waals surface area contributed by atoms with Crippen molar-refractivity contribution in [1.29, 1.82) is 0 Å². The van der Waals surface area contributed by atoms with Gasteiger partial charge in [0, 0.05) is 12.4 Å². The summed E-state index contributed by atoms with van der Waals surface area (Å²) in [6.07, 6.45) is 4.67. The predicted molar refractivity (Wildman–Crippen MR) is 103 cm³/mol. The lowest BCUT2D eigenvalue weighted by Gasteiger charge is -2.32. The summed E-state index contributed by atoms with van der Waals surface area (Å²) in [5.41, 5.74) is 9.72. The van der Waals surface area contributed by atoms with Crippen LogP contribution in [0.15, 0.2) is 54.9 Å². The number of amides is 1. The van der Waals surface area contributed by atoms with Crippen LogP contribution in [-0.2, 0) is 11.3 Å². The van der Waals surface area contributed by atoms with Gasteiger partial charge in [0.15, 0.2) is 0 Å². The van der Waals surface area contributed by atoms with Crippen molar-refractivity contribution < 1.29 is 4.79 Å². The second-order valence-corrected chi connectivity index (χ2v) is 7.37. The average Bonchev–Trinajstić information content (AvgIpc) is 3.07. The van der Waals surface area contributed by atoms with Crippen LogP contribution in [0.5, 0.6) is 0 Å². The van der Waals surface area contributed by atoms with Crippen molar-refractivity contribution in [1.82, 2.24) is 15.3 Å². The smallest absolute Gasteiger partial charge is 0.251 e. The summed E-state index contributed by atoms with van der Waals surface area (Å²) in [7, 11) is 0. The largest absolute Gasteiger partial charge is 0.311 e. The highest BCUT2D eigenvalue weighted by atomic mass is 16.2. The van der Waals surface area contributed by atoms with Crippen molar-refractivity contribution in [2.24, 2.45) is 0 Å². The van der Waals surface area contributed by atoms with Crippen LogP contribution in [-0.4, -0.2) is 21.9 Å². The Labute approximate surface area is 155 Å². The molecule has 0 saturated carbocycles. The van der Waals surface area contributed by atoms with Gasteiger partial charge in [-0.05, 0) is 55.0 Å². The lowest BCUT2D eigenvalue weighted by Crippen LogP contribution is -2.47. The zero-order valence-corrected chi connectivity index (χ0v) is 15.6. The maximum absolute atomic E-state index is 13.0. The third-order valence-electron chi connectivity index (χ3n) is 5.61. The van der Waals surface area contributed by atoms with Gasteiger partial charge in [-0.15, -0.1) is 0 Å². The Balaban J connectivity index is 1.51. The summed E-state index contributed by atoms with van der Waals surface area (Å²) in [6, 6.07) is 14.8. The van der Waals surface area contributed by atoms with Crippen molar-refractivity contribution in [3.05, 3.63) is 82.7 Å². The number of carbonyl (C=O) groups excluding carboxylic acids is 1. The Morgan fingerprint density at radius 1 is 1.00 bits per heavy atom. The first kappa shape index (κ1) is 16.9. The second-order valence-electron chi connectivity index (χ2n) is 7.37. The number of hydrazine groups is 1. The molecule has 26 heavy (non-hydrogen) atoms. The minimum absolute atomic E-state index is 0.143. The molecule has 4 nitrogen and oxygen atoms in total. The fraction of sp³-hybridized carbons (Fsp3) is 0.318. The van der Waals surface area contributed by atoms with Crippen LogP contribution in [0.25, 0.3) is 0 Å². The molecule has 0 radical (unpaired) electrons. The van der Waals surface area contributed by atoms with E-state index in [1.807, 2.05) is 34.4 Å². The van der Waals surface area contributed by atoms with E-state index in [9.17, 15) is 4.79 Å². The van der Waals surface area contributed by atoms with Crippen LogP contribution < -0.4 is 5.43 Å². The van der Waals surface area contributed by atoms with Crippen LogP contribution >= 0.6 is 0 Å². The molecule has 0 spiro atoms. The van der Waals surface area contributed by atoms with E-state index in [0.29, 0.717) is 6.54 Å². The Kier molecular flexibility index (Phi) is 4.29. The van der Waals surface area contributed by atoms with Gasteiger partial charge in [-0.1, -0.05) is 42.5 Å². The van der Waals surface area contributed by atoms with Crippen molar-refractivity contribution in [3.8, 4) is 0 Å². The number of aryl methyl sites for hydroxylation is 3. The van der Waals surface area contributed by atoms with Crippen molar-refractivity contribution in [2.45, 2.75) is 45.8 Å². The molecule has 1 N–H and O–H groups in total. The van der Waals surface area contributed by atoms with Gasteiger partial charge in [0.1, 0.15) is 6.04 Å². The first-order chi connectivity index (χ1) is 12.5. The summed E-state index contributed by atoms with van der Waals surface area (Å²) in [6.45, 7) is 6.98. The van der Waals surface area contributed by atoms with Gasteiger partial charge in [-0.2, -0.15) is 0 Å². The predicted octanol–water partition coefficient (Wildman–Crippen LogP) is 3.75. The summed E-state index contributed by atoms with van der Waals surface area (Å²) in [4.78, 5) is 14.9. The Morgan fingerprint density at radius 3 is 2.58 bits per heavy atom. The van der Waals surface area contributed by atoms with Crippen LogP contribution in [0.1, 0.15) is 40.3 Å². The summed E-state index contributed by atoms with van der Waals surface area (Å²) in [5, 5.41) is 1.97. The molecule has 2 aliphatic heterocycles. The van der Waals surface area contributed by atoms with Crippen LogP contribution in [0.3, 0.4) is 0 Å². The van der Waals surface area contributed by atoms with Crippen molar-refractivity contribution in [3.63, 3.8) is 0 Å². The third kappa shape index (κ3) is 3.01. The molecule has 2 aromatic carbocycles. The van der Waals surface area contributed by atoms with E-state index >= 15 is 0 Å².